The van der Waals surface area contributed by atoms with Gasteiger partial charge in [0.15, 0.2) is 17.0 Å². The number of imidazole rings is 1. The van der Waals surface area contributed by atoms with Gasteiger partial charge in [-0.1, -0.05) is 6.42 Å². The number of ether oxygens (including phenoxy) is 1. The molecule has 2 aliphatic rings. The molecule has 3 aromatic heterocycles. The van der Waals surface area contributed by atoms with Crippen molar-refractivity contribution in [1.82, 2.24) is 34.2 Å². The number of fused-ring (bicyclic) bond motifs is 1. The summed E-state index contributed by atoms with van der Waals surface area (Å²) >= 11 is 0. The lowest BCUT2D eigenvalue weighted by atomic mass is 9.81. The van der Waals surface area contributed by atoms with Crippen LogP contribution in [-0.4, -0.2) is 101 Å². The number of carbonyl (C=O) groups is 1. The first-order valence-electron chi connectivity index (χ1n) is 12.6. The van der Waals surface area contributed by atoms with E-state index in [2.05, 4.69) is 32.6 Å². The van der Waals surface area contributed by atoms with Crippen LogP contribution in [0.1, 0.15) is 37.7 Å². The van der Waals surface area contributed by atoms with E-state index in [1.165, 1.54) is 24.8 Å². The summed E-state index contributed by atoms with van der Waals surface area (Å²) in [5.74, 6) is 2.67. The van der Waals surface area contributed by atoms with Crippen molar-refractivity contribution in [3.05, 3.63) is 18.0 Å². The summed E-state index contributed by atoms with van der Waals surface area (Å²) < 4.78 is 9.47. The first kappa shape index (κ1) is 23.7. The van der Waals surface area contributed by atoms with Gasteiger partial charge in [0.2, 0.25) is 5.95 Å². The Bertz CT molecular complexity index is 1160. The van der Waals surface area contributed by atoms with E-state index in [4.69, 9.17) is 19.7 Å². The van der Waals surface area contributed by atoms with Crippen molar-refractivity contribution in [2.24, 2.45) is 0 Å². The Labute approximate surface area is 205 Å². The van der Waals surface area contributed by atoms with Crippen molar-refractivity contribution in [2.75, 3.05) is 69.8 Å². The number of aldehydes is 1. The van der Waals surface area contributed by atoms with Gasteiger partial charge in [-0.3, -0.25) is 4.57 Å². The number of aromatic nitrogens is 6. The lowest BCUT2D eigenvalue weighted by Gasteiger charge is -2.28. The Morgan fingerprint density at radius 3 is 2.60 bits per heavy atom. The normalized spacial score (nSPS) is 16.7. The molecule has 188 valence electrons. The number of aryl methyl sites for hydroxylation is 1. The molecule has 11 heteroatoms. The number of carbonyl (C=O) groups excluding carboxylic acids is 1. The summed E-state index contributed by atoms with van der Waals surface area (Å²) in [6.07, 6.45) is 8.66. The summed E-state index contributed by atoms with van der Waals surface area (Å²) in [5, 5.41) is 4.61. The molecule has 0 amide bonds. The molecule has 0 aromatic carbocycles. The van der Waals surface area contributed by atoms with Gasteiger partial charge in [-0.25, -0.2) is 9.67 Å². The van der Waals surface area contributed by atoms with Crippen LogP contribution >= 0.6 is 0 Å². The minimum absolute atomic E-state index is 0.272. The van der Waals surface area contributed by atoms with Gasteiger partial charge in [0.1, 0.15) is 6.29 Å². The van der Waals surface area contributed by atoms with Gasteiger partial charge < -0.3 is 24.2 Å². The van der Waals surface area contributed by atoms with Gasteiger partial charge in [0, 0.05) is 38.9 Å². The van der Waals surface area contributed by atoms with Crippen molar-refractivity contribution >= 4 is 29.2 Å². The Morgan fingerprint density at radius 1 is 1.14 bits per heavy atom. The Morgan fingerprint density at radius 2 is 1.94 bits per heavy atom. The van der Waals surface area contributed by atoms with Gasteiger partial charge >= 0.3 is 0 Å². The molecule has 4 heterocycles. The van der Waals surface area contributed by atoms with Crippen molar-refractivity contribution in [3.8, 4) is 5.95 Å². The molecule has 5 rings (SSSR count). The van der Waals surface area contributed by atoms with Crippen molar-refractivity contribution in [2.45, 2.75) is 38.6 Å². The average Bonchev–Trinajstić information content (AvgIpc) is 3.45. The molecule has 1 aliphatic heterocycles. The zero-order valence-electron chi connectivity index (χ0n) is 20.9. The molecule has 1 aliphatic carbocycles. The number of rotatable bonds is 10. The van der Waals surface area contributed by atoms with E-state index in [0.717, 1.165) is 48.9 Å². The maximum atomic E-state index is 11.5. The molecule has 0 spiro atoms. The van der Waals surface area contributed by atoms with Crippen LogP contribution in [-0.2, 0) is 16.1 Å². The van der Waals surface area contributed by atoms with Crippen LogP contribution in [0, 0.1) is 0 Å². The standard InChI is InChI=1S/C24H35N9O2/c1-4-32-22-20(26-24(32)31(10-13-34)9-8-29(2)3)21(30-11-14-35-15-12-30)27-23(28-22)33-17-19(16-25-33)18-6-5-7-18/h13,16-18H,4-12,14-15H2,1-3H3. The molecule has 0 bridgehead atoms. The summed E-state index contributed by atoms with van der Waals surface area (Å²) in [4.78, 5) is 32.8. The zero-order chi connectivity index (χ0) is 24.4. The zero-order valence-corrected chi connectivity index (χ0v) is 20.9. The molecular weight excluding hydrogens is 446 g/mol. The first-order chi connectivity index (χ1) is 17.1. The number of nitrogens with zero attached hydrogens (tertiary/aromatic N) is 9. The lowest BCUT2D eigenvalue weighted by molar-refractivity contribution is -0.106. The van der Waals surface area contributed by atoms with Gasteiger partial charge in [-0.05, 0) is 45.3 Å². The second kappa shape index (κ2) is 10.3. The molecular formula is C24H35N9O2. The number of hydrogen-bond donors (Lipinski definition) is 0. The second-order valence-corrected chi connectivity index (χ2v) is 9.54. The maximum Gasteiger partial charge on any atom is 0.254 e. The SMILES string of the molecule is CCn1c(N(CC=O)CCN(C)C)nc2c(N3CCOCC3)nc(-n3cc(C4CCC4)cn3)nc21. The summed E-state index contributed by atoms with van der Waals surface area (Å²) in [6, 6.07) is 0. The van der Waals surface area contributed by atoms with E-state index in [0.29, 0.717) is 38.2 Å². The van der Waals surface area contributed by atoms with Gasteiger partial charge in [0.05, 0.1) is 26.0 Å². The molecule has 1 saturated heterocycles. The molecule has 35 heavy (non-hydrogen) atoms. The quantitative estimate of drug-likeness (QED) is 0.401. The van der Waals surface area contributed by atoms with Crippen LogP contribution in [0.3, 0.4) is 0 Å². The minimum atomic E-state index is 0.272. The summed E-state index contributed by atoms with van der Waals surface area (Å²) in [7, 11) is 4.05. The fourth-order valence-corrected chi connectivity index (χ4v) is 4.68. The number of hydrogen-bond acceptors (Lipinski definition) is 9. The molecule has 11 nitrogen and oxygen atoms in total. The Kier molecular flexibility index (Phi) is 6.96. The highest BCUT2D eigenvalue weighted by Crippen LogP contribution is 2.36. The van der Waals surface area contributed by atoms with E-state index in [1.54, 1.807) is 4.68 Å². The van der Waals surface area contributed by atoms with Crippen LogP contribution in [0.2, 0.25) is 0 Å². The average molecular weight is 482 g/mol. The lowest BCUT2D eigenvalue weighted by Crippen LogP contribution is -2.37. The van der Waals surface area contributed by atoms with Crippen LogP contribution in [0.15, 0.2) is 12.4 Å². The fraction of sp³-hybridized carbons (Fsp3) is 0.625. The van der Waals surface area contributed by atoms with Crippen LogP contribution < -0.4 is 9.80 Å². The minimum Gasteiger partial charge on any atom is -0.378 e. The topological polar surface area (TPSA) is 97.4 Å². The largest absolute Gasteiger partial charge is 0.378 e. The third kappa shape index (κ3) is 4.74. The third-order valence-electron chi connectivity index (χ3n) is 6.95. The van der Waals surface area contributed by atoms with E-state index in [-0.39, 0.29) is 6.54 Å². The van der Waals surface area contributed by atoms with Gasteiger partial charge in [-0.2, -0.15) is 15.1 Å². The molecule has 0 unspecified atom stereocenters. The highest BCUT2D eigenvalue weighted by Gasteiger charge is 2.26. The third-order valence-corrected chi connectivity index (χ3v) is 6.95. The smallest absolute Gasteiger partial charge is 0.254 e. The molecule has 0 atom stereocenters. The van der Waals surface area contributed by atoms with Crippen LogP contribution in [0.4, 0.5) is 11.8 Å². The molecule has 3 aromatic rings. The predicted molar refractivity (Wildman–Crippen MR) is 135 cm³/mol. The van der Waals surface area contributed by atoms with Crippen molar-refractivity contribution in [1.29, 1.82) is 0 Å². The van der Waals surface area contributed by atoms with Gasteiger partial charge in [0.25, 0.3) is 5.95 Å². The number of anilines is 2. The maximum absolute atomic E-state index is 11.5. The van der Waals surface area contributed by atoms with Crippen molar-refractivity contribution < 1.29 is 9.53 Å². The second-order valence-electron chi connectivity index (χ2n) is 9.54. The monoisotopic (exact) mass is 481 g/mol. The fourth-order valence-electron chi connectivity index (χ4n) is 4.68. The Hall–Kier alpha value is -3.05. The molecule has 0 N–H and O–H groups in total. The van der Waals surface area contributed by atoms with E-state index >= 15 is 0 Å². The molecule has 2 fully saturated rings. The predicted octanol–water partition coefficient (Wildman–Crippen LogP) is 1.70. The van der Waals surface area contributed by atoms with Gasteiger partial charge in [-0.15, -0.1) is 0 Å². The van der Waals surface area contributed by atoms with Crippen LogP contribution in [0.25, 0.3) is 17.1 Å². The molecule has 0 radical (unpaired) electrons. The van der Waals surface area contributed by atoms with Crippen molar-refractivity contribution in [3.63, 3.8) is 0 Å². The summed E-state index contributed by atoms with van der Waals surface area (Å²) in [6.45, 7) is 7.30. The van der Waals surface area contributed by atoms with E-state index in [9.17, 15) is 4.79 Å². The van der Waals surface area contributed by atoms with E-state index < -0.39 is 0 Å². The number of likely N-dealkylation sites (N-methyl/N-ethyl adjacent to an activating group) is 1. The number of morpholine rings is 1. The molecule has 1 saturated carbocycles. The highest BCUT2D eigenvalue weighted by atomic mass is 16.5. The van der Waals surface area contributed by atoms with Crippen LogP contribution in [0.5, 0.6) is 0 Å². The highest BCUT2D eigenvalue weighted by molar-refractivity contribution is 5.87. The first-order valence-corrected chi connectivity index (χ1v) is 12.6. The summed E-state index contributed by atoms with van der Waals surface area (Å²) in [5.41, 5.74) is 2.76. The Balaban J connectivity index is 1.62. The van der Waals surface area contributed by atoms with E-state index in [1.807, 2.05) is 25.2 Å².